The molecule has 9 nitrogen and oxygen atoms in total. The van der Waals surface area contributed by atoms with Crippen LogP contribution in [0.2, 0.25) is 0 Å². The van der Waals surface area contributed by atoms with E-state index in [0.29, 0.717) is 49.1 Å². The maximum Gasteiger partial charge on any atom is 0.349 e. The monoisotopic (exact) mass is 437 g/mol. The molecule has 168 valence electrons. The van der Waals surface area contributed by atoms with Crippen LogP contribution in [0.3, 0.4) is 0 Å². The smallest absolute Gasteiger partial charge is 0.349 e. The number of non-ortho nitro benzene ring substituents is 1. The Morgan fingerprint density at radius 1 is 1.28 bits per heavy atom. The molecule has 0 spiro atoms. The van der Waals surface area contributed by atoms with Crippen LogP contribution in [0.4, 0.5) is 11.4 Å². The van der Waals surface area contributed by atoms with E-state index in [1.54, 1.807) is 6.07 Å². The van der Waals surface area contributed by atoms with Crippen LogP contribution in [-0.4, -0.2) is 54.4 Å². The van der Waals surface area contributed by atoms with Crippen LogP contribution in [0.1, 0.15) is 37.7 Å². The molecule has 1 N–H and O–H groups in total. The molecule has 0 amide bonds. The summed E-state index contributed by atoms with van der Waals surface area (Å²) in [6.45, 7) is 3.18. The first-order valence-electron chi connectivity index (χ1n) is 11.2. The van der Waals surface area contributed by atoms with Gasteiger partial charge in [-0.1, -0.05) is 19.3 Å². The van der Waals surface area contributed by atoms with Crippen LogP contribution >= 0.6 is 0 Å². The number of hydrogen-bond donors (Lipinski definition) is 1. The first kappa shape index (κ1) is 22.0. The minimum atomic E-state index is -0.610. The topological polar surface area (TPSA) is 121 Å². The lowest BCUT2D eigenvalue weighted by Crippen LogP contribution is -2.47. The second-order valence-electron chi connectivity index (χ2n) is 8.49. The third-order valence-corrected chi connectivity index (χ3v) is 6.35. The number of ether oxygens (including phenoxy) is 1. The molecule has 1 saturated heterocycles. The summed E-state index contributed by atoms with van der Waals surface area (Å²) >= 11 is 0. The molecule has 2 aliphatic heterocycles. The molecule has 0 bridgehead atoms. The van der Waals surface area contributed by atoms with Gasteiger partial charge < -0.3 is 15.0 Å². The van der Waals surface area contributed by atoms with Crippen molar-refractivity contribution in [3.63, 3.8) is 0 Å². The Kier molecular flexibility index (Phi) is 6.81. The number of aliphatic imine (C=N–C) groups is 1. The highest BCUT2D eigenvalue weighted by atomic mass is 16.6. The second kappa shape index (κ2) is 9.92. The number of esters is 1. The van der Waals surface area contributed by atoms with Gasteiger partial charge in [-0.3, -0.25) is 10.1 Å². The van der Waals surface area contributed by atoms with Gasteiger partial charge >= 0.3 is 5.97 Å². The number of benzene rings is 1. The molecule has 1 aliphatic carbocycles. The number of nitro benzene ring substituents is 1. The van der Waals surface area contributed by atoms with E-state index in [1.807, 2.05) is 4.90 Å². The van der Waals surface area contributed by atoms with E-state index in [0.717, 1.165) is 44.3 Å². The van der Waals surface area contributed by atoms with Crippen LogP contribution in [0, 0.1) is 27.4 Å². The lowest BCUT2D eigenvalue weighted by Gasteiger charge is -2.33. The zero-order chi connectivity index (χ0) is 22.5. The summed E-state index contributed by atoms with van der Waals surface area (Å²) in [4.78, 5) is 30.4. The molecule has 1 saturated carbocycles. The zero-order valence-electron chi connectivity index (χ0n) is 18.0. The van der Waals surface area contributed by atoms with Crippen molar-refractivity contribution in [2.75, 3.05) is 32.8 Å². The average molecular weight is 438 g/mol. The SMILES string of the molecule is N#C/C(C(=O)OCC1CCCCC1)=C1/Cc2ccc([N+](=O)[O-])cc2N=C1N1CCNCC1. The molecule has 0 radical (unpaired) electrons. The van der Waals surface area contributed by atoms with Crippen LogP contribution in [0.5, 0.6) is 0 Å². The fraction of sp³-hybridized carbons (Fsp3) is 0.522. The predicted molar refractivity (Wildman–Crippen MR) is 119 cm³/mol. The Morgan fingerprint density at radius 3 is 2.72 bits per heavy atom. The quantitative estimate of drug-likeness (QED) is 0.253. The lowest BCUT2D eigenvalue weighted by atomic mass is 9.90. The number of fused-ring (bicyclic) bond motifs is 1. The molecule has 3 aliphatic rings. The molecule has 0 unspecified atom stereocenters. The Morgan fingerprint density at radius 2 is 2.03 bits per heavy atom. The van der Waals surface area contributed by atoms with Crippen molar-refractivity contribution in [1.82, 2.24) is 10.2 Å². The summed E-state index contributed by atoms with van der Waals surface area (Å²) in [5.41, 5.74) is 1.72. The van der Waals surface area contributed by atoms with Crippen molar-refractivity contribution in [2.45, 2.75) is 38.5 Å². The first-order chi connectivity index (χ1) is 15.6. The summed E-state index contributed by atoms with van der Waals surface area (Å²) in [6.07, 6.45) is 5.92. The number of rotatable bonds is 4. The Hall–Kier alpha value is -3.25. The second-order valence-corrected chi connectivity index (χ2v) is 8.49. The Balaban J connectivity index is 1.66. The van der Waals surface area contributed by atoms with Crippen molar-refractivity contribution in [3.8, 4) is 6.07 Å². The number of nitrogens with one attached hydrogen (secondary N) is 1. The number of amidine groups is 1. The van der Waals surface area contributed by atoms with Gasteiger partial charge in [0.2, 0.25) is 0 Å². The van der Waals surface area contributed by atoms with Gasteiger partial charge in [-0.15, -0.1) is 0 Å². The summed E-state index contributed by atoms with van der Waals surface area (Å²) < 4.78 is 5.57. The molecule has 1 aromatic rings. The van der Waals surface area contributed by atoms with E-state index in [9.17, 15) is 20.2 Å². The van der Waals surface area contributed by atoms with Gasteiger partial charge in [0.15, 0.2) is 0 Å². The molecule has 2 fully saturated rings. The van der Waals surface area contributed by atoms with Crippen LogP contribution in [0.25, 0.3) is 0 Å². The molecular formula is C23H27N5O4. The highest BCUT2D eigenvalue weighted by molar-refractivity contribution is 6.10. The van der Waals surface area contributed by atoms with Gasteiger partial charge in [0.1, 0.15) is 17.5 Å². The van der Waals surface area contributed by atoms with Gasteiger partial charge in [-0.05, 0) is 30.4 Å². The summed E-state index contributed by atoms with van der Waals surface area (Å²) in [7, 11) is 0. The third-order valence-electron chi connectivity index (χ3n) is 6.35. The number of nitrogens with zero attached hydrogens (tertiary/aromatic N) is 4. The van der Waals surface area contributed by atoms with Crippen molar-refractivity contribution >= 4 is 23.2 Å². The molecule has 0 aromatic heterocycles. The van der Waals surface area contributed by atoms with Gasteiger partial charge in [-0.2, -0.15) is 5.26 Å². The van der Waals surface area contributed by atoms with E-state index < -0.39 is 10.9 Å². The predicted octanol–water partition coefficient (Wildman–Crippen LogP) is 3.03. The van der Waals surface area contributed by atoms with Crippen LogP contribution < -0.4 is 5.32 Å². The highest BCUT2D eigenvalue weighted by Crippen LogP contribution is 2.34. The highest BCUT2D eigenvalue weighted by Gasteiger charge is 2.30. The van der Waals surface area contributed by atoms with E-state index in [4.69, 9.17) is 4.74 Å². The maximum absolute atomic E-state index is 12.9. The van der Waals surface area contributed by atoms with E-state index in [2.05, 4.69) is 16.4 Å². The van der Waals surface area contributed by atoms with Crippen molar-refractivity contribution < 1.29 is 14.5 Å². The molecular weight excluding hydrogens is 410 g/mol. The van der Waals surface area contributed by atoms with Crippen molar-refractivity contribution in [3.05, 3.63) is 45.0 Å². The molecule has 32 heavy (non-hydrogen) atoms. The number of nitro groups is 1. The Bertz CT molecular complexity index is 998. The summed E-state index contributed by atoms with van der Waals surface area (Å²) in [5, 5.41) is 24.4. The van der Waals surface area contributed by atoms with Crippen molar-refractivity contribution in [1.29, 1.82) is 5.26 Å². The molecule has 2 heterocycles. The van der Waals surface area contributed by atoms with Gasteiger partial charge in [-0.25, -0.2) is 9.79 Å². The summed E-state index contributed by atoms with van der Waals surface area (Å²) in [5.74, 6) is 0.276. The number of hydrogen-bond acceptors (Lipinski definition) is 8. The van der Waals surface area contributed by atoms with Crippen molar-refractivity contribution in [2.24, 2.45) is 10.9 Å². The standard InChI is InChI=1S/C23H27N5O4/c24-14-20(23(29)32-15-16-4-2-1-3-5-16)19-12-17-6-7-18(28(30)31)13-21(17)26-22(19)27-10-8-25-9-11-27/h6-7,13,16,25H,1-5,8-12,15H2/b20-19+. The minimum absolute atomic E-state index is 0.0258. The molecule has 0 atom stereocenters. The number of carbonyl (C=O) groups is 1. The van der Waals surface area contributed by atoms with Gasteiger partial charge in [0.25, 0.3) is 5.69 Å². The number of piperazine rings is 1. The lowest BCUT2D eigenvalue weighted by molar-refractivity contribution is -0.384. The number of carbonyl (C=O) groups excluding carboxylic acids is 1. The average Bonchev–Trinajstić information content (AvgIpc) is 2.83. The van der Waals surface area contributed by atoms with Crippen LogP contribution in [0.15, 0.2) is 34.3 Å². The maximum atomic E-state index is 12.9. The number of nitriles is 1. The fourth-order valence-corrected chi connectivity index (χ4v) is 4.56. The largest absolute Gasteiger partial charge is 0.461 e. The van der Waals surface area contributed by atoms with E-state index >= 15 is 0 Å². The minimum Gasteiger partial charge on any atom is -0.461 e. The van der Waals surface area contributed by atoms with E-state index in [1.165, 1.54) is 18.6 Å². The van der Waals surface area contributed by atoms with Crippen LogP contribution in [-0.2, 0) is 16.0 Å². The van der Waals surface area contributed by atoms with E-state index in [-0.39, 0.29) is 11.3 Å². The zero-order valence-corrected chi connectivity index (χ0v) is 18.0. The fourth-order valence-electron chi connectivity index (χ4n) is 4.56. The van der Waals surface area contributed by atoms with Gasteiger partial charge in [0.05, 0.1) is 17.2 Å². The van der Waals surface area contributed by atoms with Gasteiger partial charge in [0, 0.05) is 50.3 Å². The Labute approximate surface area is 186 Å². The molecule has 1 aromatic carbocycles. The molecule has 4 rings (SSSR count). The normalized spacial score (nSPS) is 20.6. The summed E-state index contributed by atoms with van der Waals surface area (Å²) in [6, 6.07) is 6.58. The third kappa shape index (κ3) is 4.81. The first-order valence-corrected chi connectivity index (χ1v) is 11.2. The molecule has 9 heteroatoms.